The van der Waals surface area contributed by atoms with E-state index < -0.39 is 5.60 Å². The number of hydrogen-bond acceptors (Lipinski definition) is 1. The third kappa shape index (κ3) is 1.63. The van der Waals surface area contributed by atoms with Crippen LogP contribution < -0.4 is 0 Å². The molecule has 3 heteroatoms. The lowest BCUT2D eigenvalue weighted by atomic mass is 9.91. The Balaban J connectivity index is 2.08. The van der Waals surface area contributed by atoms with Crippen molar-refractivity contribution >= 4 is 0 Å². The zero-order chi connectivity index (χ0) is 11.9. The summed E-state index contributed by atoms with van der Waals surface area (Å²) in [5.74, 6) is -0.604. The zero-order valence-electron chi connectivity index (χ0n) is 8.99. The second-order valence-corrected chi connectivity index (χ2v) is 4.10. The summed E-state index contributed by atoms with van der Waals surface area (Å²) < 4.78 is 32.0. The van der Waals surface area contributed by atoms with Crippen LogP contribution in [0.1, 0.15) is 11.1 Å². The van der Waals surface area contributed by atoms with E-state index in [1.54, 1.807) is 30.3 Å². The van der Waals surface area contributed by atoms with Gasteiger partial charge in [-0.2, -0.15) is 0 Å². The van der Waals surface area contributed by atoms with Gasteiger partial charge in [-0.15, -0.1) is 0 Å². The van der Waals surface area contributed by atoms with Crippen LogP contribution in [0.2, 0.25) is 0 Å². The Hall–Kier alpha value is -1.74. The number of benzene rings is 2. The maximum atomic E-state index is 13.7. The molecule has 1 unspecified atom stereocenters. The van der Waals surface area contributed by atoms with Gasteiger partial charge in [0.05, 0.1) is 6.61 Å². The predicted molar refractivity (Wildman–Crippen MR) is 59.5 cm³/mol. The van der Waals surface area contributed by atoms with E-state index in [1.165, 1.54) is 18.2 Å². The zero-order valence-corrected chi connectivity index (χ0v) is 8.99. The lowest BCUT2D eigenvalue weighted by Crippen LogP contribution is -2.12. The van der Waals surface area contributed by atoms with Crippen molar-refractivity contribution in [3.8, 4) is 0 Å². The minimum absolute atomic E-state index is 0.297. The molecule has 0 spiro atoms. The second kappa shape index (κ2) is 3.64. The van der Waals surface area contributed by atoms with E-state index in [4.69, 9.17) is 4.74 Å². The van der Waals surface area contributed by atoms with Crippen molar-refractivity contribution in [1.29, 1.82) is 0 Å². The van der Waals surface area contributed by atoms with Gasteiger partial charge in [0.25, 0.3) is 0 Å². The summed E-state index contributed by atoms with van der Waals surface area (Å²) in [6.45, 7) is 0.430. The first-order valence-electron chi connectivity index (χ1n) is 5.37. The summed E-state index contributed by atoms with van der Waals surface area (Å²) >= 11 is 0. The van der Waals surface area contributed by atoms with E-state index in [-0.39, 0.29) is 11.6 Å². The fourth-order valence-electron chi connectivity index (χ4n) is 2.06. The predicted octanol–water partition coefficient (Wildman–Crippen LogP) is 3.24. The van der Waals surface area contributed by atoms with Crippen LogP contribution in [0.3, 0.4) is 0 Å². The van der Waals surface area contributed by atoms with Crippen LogP contribution in [-0.4, -0.2) is 6.61 Å². The molecular weight excluding hydrogens is 222 g/mol. The van der Waals surface area contributed by atoms with Crippen LogP contribution in [-0.2, 0) is 10.3 Å². The maximum absolute atomic E-state index is 13.7. The van der Waals surface area contributed by atoms with Gasteiger partial charge >= 0.3 is 0 Å². The van der Waals surface area contributed by atoms with Crippen molar-refractivity contribution in [2.45, 2.75) is 5.60 Å². The number of halogens is 2. The number of ether oxygens (including phenoxy) is 1. The molecule has 86 valence electrons. The molecule has 0 aliphatic carbocycles. The molecule has 2 aromatic carbocycles. The average molecular weight is 232 g/mol. The van der Waals surface area contributed by atoms with Crippen molar-refractivity contribution < 1.29 is 13.5 Å². The van der Waals surface area contributed by atoms with E-state index in [0.717, 1.165) is 5.56 Å². The fraction of sp³-hybridized carbons (Fsp3) is 0.143. The number of rotatable bonds is 2. The summed E-state index contributed by atoms with van der Waals surface area (Å²) in [5, 5.41) is 0. The molecule has 0 aromatic heterocycles. The van der Waals surface area contributed by atoms with Crippen molar-refractivity contribution in [3.05, 3.63) is 71.3 Å². The van der Waals surface area contributed by atoms with Crippen LogP contribution in [0, 0.1) is 11.6 Å². The highest BCUT2D eigenvalue weighted by molar-refractivity contribution is 5.41. The Morgan fingerprint density at radius 2 is 1.59 bits per heavy atom. The molecule has 2 aromatic rings. The number of hydrogen-bond donors (Lipinski definition) is 0. The normalized spacial score (nSPS) is 22.5. The topological polar surface area (TPSA) is 12.5 Å². The SMILES string of the molecule is Fc1ccc(C2(c3ccccc3F)CO2)cc1. The first kappa shape index (κ1) is 10.4. The second-order valence-electron chi connectivity index (χ2n) is 4.10. The van der Waals surface area contributed by atoms with Gasteiger partial charge in [0.2, 0.25) is 0 Å². The van der Waals surface area contributed by atoms with Gasteiger partial charge in [0.15, 0.2) is 0 Å². The van der Waals surface area contributed by atoms with Crippen LogP contribution in [0.5, 0.6) is 0 Å². The molecule has 1 atom stereocenters. The fourth-order valence-corrected chi connectivity index (χ4v) is 2.06. The Labute approximate surface area is 97.7 Å². The summed E-state index contributed by atoms with van der Waals surface area (Å²) in [4.78, 5) is 0. The average Bonchev–Trinajstić information content (AvgIpc) is 3.12. The Morgan fingerprint density at radius 3 is 2.18 bits per heavy atom. The Kier molecular flexibility index (Phi) is 2.23. The van der Waals surface area contributed by atoms with Gasteiger partial charge in [-0.3, -0.25) is 0 Å². The Morgan fingerprint density at radius 1 is 0.941 bits per heavy atom. The highest BCUT2D eigenvalue weighted by Gasteiger charge is 2.49. The smallest absolute Gasteiger partial charge is 0.144 e. The highest BCUT2D eigenvalue weighted by atomic mass is 19.1. The van der Waals surface area contributed by atoms with Gasteiger partial charge in [-0.25, -0.2) is 8.78 Å². The number of epoxide rings is 1. The molecule has 1 saturated heterocycles. The van der Waals surface area contributed by atoms with Gasteiger partial charge in [-0.1, -0.05) is 30.3 Å². The van der Waals surface area contributed by atoms with Crippen molar-refractivity contribution in [2.24, 2.45) is 0 Å². The maximum Gasteiger partial charge on any atom is 0.144 e. The van der Waals surface area contributed by atoms with Crippen molar-refractivity contribution in [1.82, 2.24) is 0 Å². The molecule has 0 bridgehead atoms. The standard InChI is InChI=1S/C14H10F2O/c15-11-7-5-10(6-8-11)14(9-17-14)12-3-1-2-4-13(12)16/h1-8H,9H2. The quantitative estimate of drug-likeness (QED) is 0.724. The first-order valence-corrected chi connectivity index (χ1v) is 5.37. The van der Waals surface area contributed by atoms with Crippen LogP contribution >= 0.6 is 0 Å². The molecule has 1 heterocycles. The molecular formula is C14H10F2O. The molecule has 0 saturated carbocycles. The molecule has 17 heavy (non-hydrogen) atoms. The molecule has 0 radical (unpaired) electrons. The van der Waals surface area contributed by atoms with Crippen molar-refractivity contribution in [3.63, 3.8) is 0 Å². The van der Waals surface area contributed by atoms with Crippen LogP contribution in [0.25, 0.3) is 0 Å². The molecule has 1 aliphatic heterocycles. The van der Waals surface area contributed by atoms with Gasteiger partial charge in [0, 0.05) is 5.56 Å². The molecule has 3 rings (SSSR count). The van der Waals surface area contributed by atoms with Crippen molar-refractivity contribution in [2.75, 3.05) is 6.61 Å². The molecule has 0 amide bonds. The summed E-state index contributed by atoms with van der Waals surface area (Å²) in [6.07, 6.45) is 0. The lowest BCUT2D eigenvalue weighted by Gasteiger charge is -2.13. The van der Waals surface area contributed by atoms with E-state index in [0.29, 0.717) is 12.2 Å². The monoisotopic (exact) mass is 232 g/mol. The van der Waals surface area contributed by atoms with Crippen LogP contribution in [0.4, 0.5) is 8.78 Å². The first-order chi connectivity index (χ1) is 8.22. The van der Waals surface area contributed by atoms with E-state index in [1.807, 2.05) is 0 Å². The van der Waals surface area contributed by atoms with Gasteiger partial charge < -0.3 is 4.74 Å². The summed E-state index contributed by atoms with van der Waals surface area (Å²) in [6, 6.07) is 12.5. The third-order valence-electron chi connectivity index (χ3n) is 3.05. The minimum atomic E-state index is -0.723. The molecule has 1 aliphatic rings. The third-order valence-corrected chi connectivity index (χ3v) is 3.05. The van der Waals surface area contributed by atoms with E-state index in [2.05, 4.69) is 0 Å². The van der Waals surface area contributed by atoms with Gasteiger partial charge in [-0.05, 0) is 23.8 Å². The lowest BCUT2D eigenvalue weighted by molar-refractivity contribution is 0.341. The molecule has 1 fully saturated rings. The summed E-state index contributed by atoms with van der Waals surface area (Å²) in [5.41, 5.74) is 0.564. The van der Waals surface area contributed by atoms with Crippen LogP contribution in [0.15, 0.2) is 48.5 Å². The minimum Gasteiger partial charge on any atom is -0.359 e. The van der Waals surface area contributed by atoms with E-state index >= 15 is 0 Å². The molecule has 0 N–H and O–H groups in total. The molecule has 1 nitrogen and oxygen atoms in total. The highest BCUT2D eigenvalue weighted by Crippen LogP contribution is 2.45. The Bertz CT molecular complexity index is 544. The largest absolute Gasteiger partial charge is 0.359 e. The van der Waals surface area contributed by atoms with Gasteiger partial charge in [0.1, 0.15) is 17.2 Å². The summed E-state index contributed by atoms with van der Waals surface area (Å²) in [7, 11) is 0. The van der Waals surface area contributed by atoms with E-state index in [9.17, 15) is 8.78 Å².